The Labute approximate surface area is 165 Å². The van der Waals surface area contributed by atoms with Crippen LogP contribution in [0.5, 0.6) is 0 Å². The Morgan fingerprint density at radius 1 is 1.00 bits per heavy atom. The molecule has 2 heterocycles. The molecule has 27 heavy (non-hydrogen) atoms. The number of nitrogens with zero attached hydrogens (tertiary/aromatic N) is 4. The number of hydrogen-bond acceptors (Lipinski definition) is 5. The number of anilines is 2. The molecule has 3 rings (SSSR count). The van der Waals surface area contributed by atoms with E-state index < -0.39 is 0 Å². The molecule has 6 heteroatoms. The van der Waals surface area contributed by atoms with E-state index in [2.05, 4.69) is 31.2 Å². The standard InChI is InChI=1S/C21H24ClN5/c1-16-14-20(24-12-8-18-4-3-5-19(22)15-18)26-21(25-16)27(2)13-9-17-6-10-23-11-7-17/h3-7,10-11,14-15H,8-9,12-13H2,1-2H3,(H,24,25,26). The highest BCUT2D eigenvalue weighted by Gasteiger charge is 2.08. The lowest BCUT2D eigenvalue weighted by Crippen LogP contribution is -2.23. The van der Waals surface area contributed by atoms with Crippen LogP contribution in [0.4, 0.5) is 11.8 Å². The number of aromatic nitrogens is 3. The van der Waals surface area contributed by atoms with E-state index in [1.807, 2.05) is 62.8 Å². The molecule has 0 atom stereocenters. The highest BCUT2D eigenvalue weighted by Crippen LogP contribution is 2.15. The fourth-order valence-corrected chi connectivity index (χ4v) is 3.00. The number of likely N-dealkylation sites (N-methyl/N-ethyl adjacent to an activating group) is 1. The smallest absolute Gasteiger partial charge is 0.227 e. The predicted octanol–water partition coefficient (Wildman–Crippen LogP) is 4.17. The number of aryl methyl sites for hydroxylation is 1. The van der Waals surface area contributed by atoms with Crippen molar-refractivity contribution in [2.45, 2.75) is 19.8 Å². The van der Waals surface area contributed by atoms with Crippen LogP contribution in [0, 0.1) is 6.92 Å². The van der Waals surface area contributed by atoms with Crippen molar-refractivity contribution >= 4 is 23.4 Å². The molecule has 140 valence electrons. The molecular formula is C21H24ClN5. The van der Waals surface area contributed by atoms with Crippen LogP contribution in [0.25, 0.3) is 0 Å². The van der Waals surface area contributed by atoms with Crippen LogP contribution in [0.3, 0.4) is 0 Å². The van der Waals surface area contributed by atoms with E-state index in [4.69, 9.17) is 11.6 Å². The van der Waals surface area contributed by atoms with Gasteiger partial charge >= 0.3 is 0 Å². The zero-order chi connectivity index (χ0) is 19.1. The van der Waals surface area contributed by atoms with Crippen molar-refractivity contribution in [3.05, 3.63) is 76.7 Å². The summed E-state index contributed by atoms with van der Waals surface area (Å²) in [5, 5.41) is 4.16. The Morgan fingerprint density at radius 2 is 1.81 bits per heavy atom. The lowest BCUT2D eigenvalue weighted by Gasteiger charge is -2.18. The van der Waals surface area contributed by atoms with Crippen LogP contribution >= 0.6 is 11.6 Å². The lowest BCUT2D eigenvalue weighted by atomic mass is 10.1. The SMILES string of the molecule is Cc1cc(NCCc2cccc(Cl)c2)nc(N(C)CCc2ccncc2)n1. The van der Waals surface area contributed by atoms with Crippen molar-refractivity contribution in [3.63, 3.8) is 0 Å². The summed E-state index contributed by atoms with van der Waals surface area (Å²) in [6.07, 6.45) is 5.45. The minimum atomic E-state index is 0.731. The Bertz CT molecular complexity index is 869. The van der Waals surface area contributed by atoms with Gasteiger partial charge in [-0.3, -0.25) is 4.98 Å². The zero-order valence-corrected chi connectivity index (χ0v) is 16.4. The minimum absolute atomic E-state index is 0.731. The summed E-state index contributed by atoms with van der Waals surface area (Å²) >= 11 is 6.04. The van der Waals surface area contributed by atoms with Gasteiger partial charge in [0.05, 0.1) is 0 Å². The normalized spacial score (nSPS) is 10.6. The third-order valence-electron chi connectivity index (χ3n) is 4.28. The first-order valence-corrected chi connectivity index (χ1v) is 9.42. The predicted molar refractivity (Wildman–Crippen MR) is 112 cm³/mol. The third kappa shape index (κ3) is 5.93. The molecule has 0 saturated carbocycles. The number of pyridine rings is 1. The number of halogens is 1. The molecule has 0 saturated heterocycles. The van der Waals surface area contributed by atoms with E-state index in [1.165, 1.54) is 11.1 Å². The lowest BCUT2D eigenvalue weighted by molar-refractivity contribution is 0.831. The number of nitrogens with one attached hydrogen (secondary N) is 1. The first-order chi connectivity index (χ1) is 13.1. The van der Waals surface area contributed by atoms with Crippen molar-refractivity contribution in [2.75, 3.05) is 30.4 Å². The Hall–Kier alpha value is -2.66. The average Bonchev–Trinajstić information content (AvgIpc) is 2.66. The molecule has 0 spiro atoms. The molecule has 0 radical (unpaired) electrons. The summed E-state index contributed by atoms with van der Waals surface area (Å²) in [5.74, 6) is 1.57. The molecule has 3 aromatic rings. The topological polar surface area (TPSA) is 53.9 Å². The monoisotopic (exact) mass is 381 g/mol. The van der Waals surface area contributed by atoms with E-state index >= 15 is 0 Å². The van der Waals surface area contributed by atoms with Crippen molar-refractivity contribution in [3.8, 4) is 0 Å². The molecule has 0 amide bonds. The van der Waals surface area contributed by atoms with Gasteiger partial charge in [0.25, 0.3) is 0 Å². The fourth-order valence-electron chi connectivity index (χ4n) is 2.79. The van der Waals surface area contributed by atoms with E-state index in [9.17, 15) is 0 Å². The quantitative estimate of drug-likeness (QED) is 0.634. The molecule has 0 aliphatic carbocycles. The summed E-state index contributed by atoms with van der Waals surface area (Å²) in [6, 6.07) is 14.0. The van der Waals surface area contributed by atoms with Gasteiger partial charge in [-0.05, 0) is 55.2 Å². The maximum Gasteiger partial charge on any atom is 0.227 e. The maximum atomic E-state index is 6.04. The Balaban J connectivity index is 1.58. The van der Waals surface area contributed by atoms with Crippen LogP contribution in [0.1, 0.15) is 16.8 Å². The average molecular weight is 382 g/mol. The number of hydrogen-bond donors (Lipinski definition) is 1. The number of benzene rings is 1. The first-order valence-electron chi connectivity index (χ1n) is 9.04. The highest BCUT2D eigenvalue weighted by molar-refractivity contribution is 6.30. The van der Waals surface area contributed by atoms with Gasteiger partial charge in [0, 0.05) is 49.3 Å². The summed E-state index contributed by atoms with van der Waals surface area (Å²) < 4.78 is 0. The maximum absolute atomic E-state index is 6.04. The molecule has 0 fully saturated rings. The molecule has 0 bridgehead atoms. The van der Waals surface area contributed by atoms with Crippen molar-refractivity contribution in [1.29, 1.82) is 0 Å². The molecule has 2 aromatic heterocycles. The minimum Gasteiger partial charge on any atom is -0.370 e. The zero-order valence-electron chi connectivity index (χ0n) is 15.7. The van der Waals surface area contributed by atoms with Crippen LogP contribution in [0.15, 0.2) is 54.9 Å². The van der Waals surface area contributed by atoms with Gasteiger partial charge in [0.2, 0.25) is 5.95 Å². The summed E-state index contributed by atoms with van der Waals surface area (Å²) in [5.41, 5.74) is 3.40. The van der Waals surface area contributed by atoms with Gasteiger partial charge < -0.3 is 10.2 Å². The number of rotatable bonds is 8. The second kappa shape index (κ2) is 9.33. The second-order valence-corrected chi connectivity index (χ2v) is 6.96. The summed E-state index contributed by atoms with van der Waals surface area (Å²) in [4.78, 5) is 15.4. The molecule has 0 aliphatic rings. The first kappa shape index (κ1) is 19.1. The second-order valence-electron chi connectivity index (χ2n) is 6.53. The van der Waals surface area contributed by atoms with Crippen LogP contribution in [0.2, 0.25) is 5.02 Å². The Morgan fingerprint density at radius 3 is 2.59 bits per heavy atom. The molecule has 0 aliphatic heterocycles. The van der Waals surface area contributed by atoms with Gasteiger partial charge in [-0.15, -0.1) is 0 Å². The van der Waals surface area contributed by atoms with Crippen LogP contribution < -0.4 is 10.2 Å². The summed E-state index contributed by atoms with van der Waals surface area (Å²) in [7, 11) is 2.02. The molecule has 1 aromatic carbocycles. The summed E-state index contributed by atoms with van der Waals surface area (Å²) in [6.45, 7) is 3.62. The van der Waals surface area contributed by atoms with Crippen molar-refractivity contribution in [1.82, 2.24) is 15.0 Å². The molecule has 0 unspecified atom stereocenters. The van der Waals surface area contributed by atoms with E-state index in [0.29, 0.717) is 0 Å². The largest absolute Gasteiger partial charge is 0.370 e. The molecule has 1 N–H and O–H groups in total. The highest BCUT2D eigenvalue weighted by atomic mass is 35.5. The van der Waals surface area contributed by atoms with Gasteiger partial charge in [-0.2, -0.15) is 4.98 Å². The third-order valence-corrected chi connectivity index (χ3v) is 4.51. The van der Waals surface area contributed by atoms with Crippen LogP contribution in [-0.4, -0.2) is 35.1 Å². The van der Waals surface area contributed by atoms with Crippen molar-refractivity contribution < 1.29 is 0 Å². The van der Waals surface area contributed by atoms with Crippen molar-refractivity contribution in [2.24, 2.45) is 0 Å². The van der Waals surface area contributed by atoms with Gasteiger partial charge in [0.1, 0.15) is 5.82 Å². The van der Waals surface area contributed by atoms with Gasteiger partial charge in [0.15, 0.2) is 0 Å². The fraction of sp³-hybridized carbons (Fsp3) is 0.286. The van der Waals surface area contributed by atoms with E-state index in [-0.39, 0.29) is 0 Å². The Kier molecular flexibility index (Phi) is 6.60. The van der Waals surface area contributed by atoms with Gasteiger partial charge in [-0.1, -0.05) is 23.7 Å². The van der Waals surface area contributed by atoms with Crippen LogP contribution in [-0.2, 0) is 12.8 Å². The van der Waals surface area contributed by atoms with E-state index in [0.717, 1.165) is 48.4 Å². The van der Waals surface area contributed by atoms with E-state index in [1.54, 1.807) is 0 Å². The molecule has 5 nitrogen and oxygen atoms in total. The van der Waals surface area contributed by atoms with Gasteiger partial charge in [-0.25, -0.2) is 4.98 Å². The molecular weight excluding hydrogens is 358 g/mol.